The topological polar surface area (TPSA) is 49.0 Å². The molecule has 2 aromatic carbocycles. The number of benzene rings is 2. The van der Waals surface area contributed by atoms with Gasteiger partial charge in [-0.2, -0.15) is 0 Å². The van der Waals surface area contributed by atoms with Gasteiger partial charge in [0.25, 0.3) is 0 Å². The number of fused-ring (bicyclic) bond motifs is 1. The third kappa shape index (κ3) is 3.79. The van der Waals surface area contributed by atoms with Crippen molar-refractivity contribution in [2.75, 3.05) is 27.4 Å². The fourth-order valence-corrected chi connectivity index (χ4v) is 2.77. The van der Waals surface area contributed by atoms with Crippen molar-refractivity contribution in [2.45, 2.75) is 19.5 Å². The molecule has 1 aliphatic heterocycles. The predicted octanol–water partition coefficient (Wildman–Crippen LogP) is 3.46. The normalized spacial score (nSPS) is 14.1. The summed E-state index contributed by atoms with van der Waals surface area (Å²) in [6, 6.07) is 8.80. The van der Waals surface area contributed by atoms with Crippen LogP contribution in [0.4, 0.5) is 4.39 Å². The quantitative estimate of drug-likeness (QED) is 0.867. The second-order valence-electron chi connectivity index (χ2n) is 5.82. The lowest BCUT2D eigenvalue weighted by Gasteiger charge is -2.22. The van der Waals surface area contributed by atoms with Crippen LogP contribution < -0.4 is 24.3 Å². The second kappa shape index (κ2) is 7.61. The molecule has 0 saturated heterocycles. The molecule has 1 N–H and O–H groups in total. The maximum absolute atomic E-state index is 13.9. The summed E-state index contributed by atoms with van der Waals surface area (Å²) < 4.78 is 35.5. The monoisotopic (exact) mass is 347 g/mol. The number of rotatable bonds is 6. The van der Waals surface area contributed by atoms with Crippen LogP contribution in [0.2, 0.25) is 0 Å². The van der Waals surface area contributed by atoms with E-state index >= 15 is 0 Å². The fraction of sp³-hybridized carbons (Fsp3) is 0.368. The van der Waals surface area contributed by atoms with Crippen LogP contribution in [-0.2, 0) is 6.54 Å². The van der Waals surface area contributed by atoms with E-state index in [2.05, 4.69) is 5.32 Å². The zero-order valence-corrected chi connectivity index (χ0v) is 14.6. The first kappa shape index (κ1) is 17.4. The summed E-state index contributed by atoms with van der Waals surface area (Å²) in [4.78, 5) is 0. The van der Waals surface area contributed by atoms with E-state index < -0.39 is 0 Å². The Hall–Kier alpha value is -2.47. The lowest BCUT2D eigenvalue weighted by Crippen LogP contribution is -2.19. The van der Waals surface area contributed by atoms with E-state index in [-0.39, 0.29) is 17.6 Å². The maximum Gasteiger partial charge on any atom is 0.203 e. The standard InChI is InChI=1S/C19H22FNO4/c1-12(14-4-5-16(22-2)15(20)10-14)21-11-13-8-17(23-3)19-18(9-13)24-6-7-25-19/h4-5,8-10,12,21H,6-7,11H2,1-3H3/t12-/m1/s1. The summed E-state index contributed by atoms with van der Waals surface area (Å²) in [7, 11) is 3.06. The average Bonchev–Trinajstić information content (AvgIpc) is 2.65. The molecule has 1 heterocycles. The summed E-state index contributed by atoms with van der Waals surface area (Å²) in [5, 5.41) is 3.38. The van der Waals surface area contributed by atoms with Crippen LogP contribution in [0.25, 0.3) is 0 Å². The van der Waals surface area contributed by atoms with Crippen molar-refractivity contribution < 1.29 is 23.3 Å². The van der Waals surface area contributed by atoms with Gasteiger partial charge in [0, 0.05) is 12.6 Å². The molecule has 3 rings (SSSR count). The van der Waals surface area contributed by atoms with Crippen LogP contribution in [0.3, 0.4) is 0 Å². The summed E-state index contributed by atoms with van der Waals surface area (Å²) in [5.41, 5.74) is 1.85. The largest absolute Gasteiger partial charge is 0.494 e. The molecule has 0 bridgehead atoms. The maximum atomic E-state index is 13.9. The number of nitrogens with one attached hydrogen (secondary N) is 1. The van der Waals surface area contributed by atoms with Crippen LogP contribution in [0, 0.1) is 5.82 Å². The van der Waals surface area contributed by atoms with E-state index in [1.54, 1.807) is 13.2 Å². The molecular formula is C19H22FNO4. The van der Waals surface area contributed by atoms with Crippen molar-refractivity contribution in [3.8, 4) is 23.0 Å². The zero-order valence-electron chi connectivity index (χ0n) is 14.6. The van der Waals surface area contributed by atoms with Gasteiger partial charge in [-0.05, 0) is 42.3 Å². The first-order valence-electron chi connectivity index (χ1n) is 8.15. The Morgan fingerprint density at radius 3 is 2.56 bits per heavy atom. The van der Waals surface area contributed by atoms with Crippen molar-refractivity contribution in [2.24, 2.45) is 0 Å². The van der Waals surface area contributed by atoms with Crippen LogP contribution >= 0.6 is 0 Å². The van der Waals surface area contributed by atoms with E-state index in [0.29, 0.717) is 37.0 Å². The summed E-state index contributed by atoms with van der Waals surface area (Å²) in [6.07, 6.45) is 0. The number of halogens is 1. The SMILES string of the molecule is COc1ccc([C@@H](C)NCc2cc(OC)c3c(c2)OCCO3)cc1F. The predicted molar refractivity (Wildman–Crippen MR) is 92.2 cm³/mol. The lowest BCUT2D eigenvalue weighted by atomic mass is 10.1. The van der Waals surface area contributed by atoms with Gasteiger partial charge in [-0.25, -0.2) is 4.39 Å². The molecule has 6 heteroatoms. The van der Waals surface area contributed by atoms with Crippen LogP contribution in [-0.4, -0.2) is 27.4 Å². The molecule has 1 aliphatic rings. The number of hydrogen-bond acceptors (Lipinski definition) is 5. The van der Waals surface area contributed by atoms with Crippen molar-refractivity contribution in [3.05, 3.63) is 47.3 Å². The molecule has 0 unspecified atom stereocenters. The Balaban J connectivity index is 1.71. The molecular weight excluding hydrogens is 325 g/mol. The van der Waals surface area contributed by atoms with Gasteiger partial charge in [-0.1, -0.05) is 6.07 Å². The van der Waals surface area contributed by atoms with Crippen LogP contribution in [0.1, 0.15) is 24.1 Å². The van der Waals surface area contributed by atoms with E-state index in [4.69, 9.17) is 18.9 Å². The lowest BCUT2D eigenvalue weighted by molar-refractivity contribution is 0.165. The first-order chi connectivity index (χ1) is 12.1. The number of ether oxygens (including phenoxy) is 4. The number of methoxy groups -OCH3 is 2. The Kier molecular flexibility index (Phi) is 5.28. The molecule has 5 nitrogen and oxygen atoms in total. The van der Waals surface area contributed by atoms with Gasteiger partial charge < -0.3 is 24.3 Å². The van der Waals surface area contributed by atoms with E-state index in [0.717, 1.165) is 11.1 Å². The number of hydrogen-bond donors (Lipinski definition) is 1. The Morgan fingerprint density at radius 2 is 1.84 bits per heavy atom. The van der Waals surface area contributed by atoms with E-state index in [9.17, 15) is 4.39 Å². The first-order valence-corrected chi connectivity index (χ1v) is 8.15. The van der Waals surface area contributed by atoms with Gasteiger partial charge in [0.2, 0.25) is 5.75 Å². The van der Waals surface area contributed by atoms with E-state index in [1.807, 2.05) is 25.1 Å². The Bertz CT molecular complexity index is 733. The molecule has 1 atom stereocenters. The van der Waals surface area contributed by atoms with Gasteiger partial charge in [0.05, 0.1) is 14.2 Å². The molecule has 0 saturated carbocycles. The molecule has 2 aromatic rings. The Labute approximate surface area is 146 Å². The summed E-state index contributed by atoms with van der Waals surface area (Å²) in [6.45, 7) is 3.61. The third-order valence-corrected chi connectivity index (χ3v) is 4.18. The zero-order chi connectivity index (χ0) is 17.8. The van der Waals surface area contributed by atoms with Gasteiger partial charge in [0.1, 0.15) is 13.2 Å². The minimum absolute atomic E-state index is 0.0281. The van der Waals surface area contributed by atoms with Crippen LogP contribution in [0.5, 0.6) is 23.0 Å². The minimum atomic E-state index is -0.366. The molecule has 0 fully saturated rings. The molecule has 134 valence electrons. The van der Waals surface area contributed by atoms with Crippen LogP contribution in [0.15, 0.2) is 30.3 Å². The molecule has 0 aliphatic carbocycles. The van der Waals surface area contributed by atoms with Crippen molar-refractivity contribution in [1.82, 2.24) is 5.32 Å². The molecule has 25 heavy (non-hydrogen) atoms. The molecule has 0 spiro atoms. The highest BCUT2D eigenvalue weighted by molar-refractivity contribution is 5.54. The molecule has 0 amide bonds. The van der Waals surface area contributed by atoms with Gasteiger partial charge >= 0.3 is 0 Å². The third-order valence-electron chi connectivity index (χ3n) is 4.18. The van der Waals surface area contributed by atoms with Gasteiger partial charge in [-0.3, -0.25) is 0 Å². The van der Waals surface area contributed by atoms with E-state index in [1.165, 1.54) is 13.2 Å². The highest BCUT2D eigenvalue weighted by Crippen LogP contribution is 2.40. The summed E-state index contributed by atoms with van der Waals surface area (Å²) in [5.74, 6) is 1.85. The Morgan fingerprint density at radius 1 is 1.08 bits per heavy atom. The van der Waals surface area contributed by atoms with Crippen molar-refractivity contribution in [3.63, 3.8) is 0 Å². The van der Waals surface area contributed by atoms with Gasteiger partial charge in [0.15, 0.2) is 23.1 Å². The van der Waals surface area contributed by atoms with Crippen molar-refractivity contribution >= 4 is 0 Å². The minimum Gasteiger partial charge on any atom is -0.494 e. The fourth-order valence-electron chi connectivity index (χ4n) is 2.77. The van der Waals surface area contributed by atoms with Gasteiger partial charge in [-0.15, -0.1) is 0 Å². The second-order valence-corrected chi connectivity index (χ2v) is 5.82. The van der Waals surface area contributed by atoms with Crippen molar-refractivity contribution in [1.29, 1.82) is 0 Å². The highest BCUT2D eigenvalue weighted by atomic mass is 19.1. The summed E-state index contributed by atoms with van der Waals surface area (Å²) >= 11 is 0. The molecule has 0 radical (unpaired) electrons. The highest BCUT2D eigenvalue weighted by Gasteiger charge is 2.18. The average molecular weight is 347 g/mol. The molecule has 0 aromatic heterocycles. The smallest absolute Gasteiger partial charge is 0.203 e.